The molecule has 0 aromatic heterocycles. The second-order valence-electron chi connectivity index (χ2n) is 8.56. The molecule has 188 valence electrons. The number of unbranched alkanes of at least 4 members (excludes halogenated alkanes) is 1. The van der Waals surface area contributed by atoms with Gasteiger partial charge in [-0.15, -0.1) is 0 Å². The van der Waals surface area contributed by atoms with Crippen molar-refractivity contribution in [2.75, 3.05) is 6.54 Å². The molecule has 36 heavy (non-hydrogen) atoms. The third-order valence-electron chi connectivity index (χ3n) is 5.87. The number of nitro groups is 1. The standard InChI is InChI=1S/C28H30BrN3O4/c1-2-3-16-30-28(34)26(18-21-10-5-4-6-11-21)31(20-22-12-9-14-24(29)17-22)27(33)19-23-13-7-8-15-25(23)32(35)36/h4-15,17,26H,2-3,16,18-20H2,1H3,(H,30,34)/t26-/m0/s1. The van der Waals surface area contributed by atoms with E-state index in [0.29, 0.717) is 18.5 Å². The van der Waals surface area contributed by atoms with Crippen molar-refractivity contribution in [3.8, 4) is 0 Å². The molecule has 0 saturated heterocycles. The topological polar surface area (TPSA) is 92.6 Å². The monoisotopic (exact) mass is 551 g/mol. The lowest BCUT2D eigenvalue weighted by atomic mass is 10.0. The number of amides is 2. The summed E-state index contributed by atoms with van der Waals surface area (Å²) in [5.74, 6) is -0.589. The molecule has 0 bridgehead atoms. The third kappa shape index (κ3) is 7.75. The number of nitrogens with one attached hydrogen (secondary N) is 1. The number of benzene rings is 3. The summed E-state index contributed by atoms with van der Waals surface area (Å²) in [6.45, 7) is 2.75. The highest BCUT2D eigenvalue weighted by molar-refractivity contribution is 9.10. The first-order valence-electron chi connectivity index (χ1n) is 12.0. The lowest BCUT2D eigenvalue weighted by Crippen LogP contribution is -2.51. The maximum absolute atomic E-state index is 13.8. The minimum absolute atomic E-state index is 0.111. The second-order valence-corrected chi connectivity index (χ2v) is 9.48. The average molecular weight is 552 g/mol. The molecular formula is C28H30BrN3O4. The number of halogens is 1. The number of carbonyl (C=O) groups excluding carboxylic acids is 2. The fourth-order valence-electron chi connectivity index (χ4n) is 4.00. The summed E-state index contributed by atoms with van der Waals surface area (Å²) in [4.78, 5) is 39.8. The SMILES string of the molecule is CCCCNC(=O)[C@H](Cc1ccccc1)N(Cc1cccc(Br)c1)C(=O)Cc1ccccc1[N+](=O)[O-]. The van der Waals surface area contributed by atoms with E-state index in [4.69, 9.17) is 0 Å². The van der Waals surface area contributed by atoms with Crippen LogP contribution in [0, 0.1) is 10.1 Å². The van der Waals surface area contributed by atoms with E-state index >= 15 is 0 Å². The quantitative estimate of drug-likeness (QED) is 0.184. The maximum Gasteiger partial charge on any atom is 0.273 e. The first-order valence-corrected chi connectivity index (χ1v) is 12.8. The van der Waals surface area contributed by atoms with E-state index < -0.39 is 11.0 Å². The van der Waals surface area contributed by atoms with Crippen LogP contribution in [-0.4, -0.2) is 34.2 Å². The summed E-state index contributed by atoms with van der Waals surface area (Å²) < 4.78 is 0.859. The fraction of sp³-hybridized carbons (Fsp3) is 0.286. The van der Waals surface area contributed by atoms with Crippen LogP contribution in [-0.2, 0) is 29.0 Å². The van der Waals surface area contributed by atoms with Crippen molar-refractivity contribution in [1.29, 1.82) is 0 Å². The zero-order valence-electron chi connectivity index (χ0n) is 20.2. The molecule has 2 amide bonds. The Balaban J connectivity index is 1.99. The molecule has 0 unspecified atom stereocenters. The minimum atomic E-state index is -0.779. The summed E-state index contributed by atoms with van der Waals surface area (Å²) >= 11 is 3.47. The number of hydrogen-bond acceptors (Lipinski definition) is 4. The summed E-state index contributed by atoms with van der Waals surface area (Å²) in [6, 6.07) is 22.6. The molecule has 0 radical (unpaired) electrons. The summed E-state index contributed by atoms with van der Waals surface area (Å²) in [7, 11) is 0. The Kier molecular flexibility index (Phi) is 10.2. The molecule has 3 aromatic carbocycles. The van der Waals surface area contributed by atoms with E-state index in [0.717, 1.165) is 28.4 Å². The molecule has 3 aromatic rings. The number of nitrogens with zero attached hydrogens (tertiary/aromatic N) is 2. The number of hydrogen-bond donors (Lipinski definition) is 1. The zero-order valence-corrected chi connectivity index (χ0v) is 21.8. The maximum atomic E-state index is 13.8. The molecule has 0 aliphatic carbocycles. The molecule has 0 fully saturated rings. The van der Waals surface area contributed by atoms with Gasteiger partial charge in [0, 0.05) is 35.6 Å². The predicted molar refractivity (Wildman–Crippen MR) is 143 cm³/mol. The van der Waals surface area contributed by atoms with Crippen LogP contribution < -0.4 is 5.32 Å². The summed E-state index contributed by atoms with van der Waals surface area (Å²) in [6.07, 6.45) is 1.91. The number of carbonyl (C=O) groups is 2. The van der Waals surface area contributed by atoms with Crippen LogP contribution >= 0.6 is 15.9 Å². The van der Waals surface area contributed by atoms with Gasteiger partial charge >= 0.3 is 0 Å². The van der Waals surface area contributed by atoms with E-state index in [-0.39, 0.29) is 30.5 Å². The smallest absolute Gasteiger partial charge is 0.273 e. The van der Waals surface area contributed by atoms with Gasteiger partial charge < -0.3 is 10.2 Å². The molecule has 0 aliphatic rings. The van der Waals surface area contributed by atoms with Crippen molar-refractivity contribution in [1.82, 2.24) is 10.2 Å². The largest absolute Gasteiger partial charge is 0.354 e. The minimum Gasteiger partial charge on any atom is -0.354 e. The van der Waals surface area contributed by atoms with Gasteiger partial charge in [-0.2, -0.15) is 0 Å². The molecule has 1 N–H and O–H groups in total. The fourth-order valence-corrected chi connectivity index (χ4v) is 4.44. The van der Waals surface area contributed by atoms with Gasteiger partial charge in [-0.05, 0) is 29.7 Å². The van der Waals surface area contributed by atoms with Crippen LogP contribution in [0.2, 0.25) is 0 Å². The Labute approximate surface area is 219 Å². The van der Waals surface area contributed by atoms with E-state index in [1.165, 1.54) is 6.07 Å². The number of rotatable bonds is 12. The van der Waals surface area contributed by atoms with Crippen molar-refractivity contribution in [2.24, 2.45) is 0 Å². The van der Waals surface area contributed by atoms with Crippen LogP contribution in [0.4, 0.5) is 5.69 Å². The van der Waals surface area contributed by atoms with Crippen molar-refractivity contribution in [2.45, 2.75) is 45.2 Å². The van der Waals surface area contributed by atoms with Gasteiger partial charge in [0.2, 0.25) is 11.8 Å². The van der Waals surface area contributed by atoms with Gasteiger partial charge in [-0.1, -0.05) is 89.9 Å². The Hall–Kier alpha value is -3.52. The molecule has 8 heteroatoms. The first kappa shape index (κ1) is 27.1. The molecule has 1 atom stereocenters. The van der Waals surface area contributed by atoms with Gasteiger partial charge in [-0.3, -0.25) is 19.7 Å². The summed E-state index contributed by atoms with van der Waals surface area (Å²) in [5, 5.41) is 14.5. The first-order chi connectivity index (χ1) is 17.4. The molecule has 0 spiro atoms. The van der Waals surface area contributed by atoms with E-state index in [1.807, 2.05) is 61.5 Å². The predicted octanol–water partition coefficient (Wildman–Crippen LogP) is 5.46. The Bertz CT molecular complexity index is 1190. The Morgan fingerprint density at radius 2 is 1.69 bits per heavy atom. The molecule has 0 heterocycles. The van der Waals surface area contributed by atoms with Crippen LogP contribution in [0.15, 0.2) is 83.3 Å². The van der Waals surface area contributed by atoms with Crippen molar-refractivity contribution in [3.63, 3.8) is 0 Å². The lowest BCUT2D eigenvalue weighted by Gasteiger charge is -2.31. The highest BCUT2D eigenvalue weighted by atomic mass is 79.9. The van der Waals surface area contributed by atoms with Gasteiger partial charge in [0.1, 0.15) is 6.04 Å². The Morgan fingerprint density at radius 3 is 2.39 bits per heavy atom. The molecular weight excluding hydrogens is 522 g/mol. The van der Waals surface area contributed by atoms with Crippen molar-refractivity contribution in [3.05, 3.63) is 110 Å². The van der Waals surface area contributed by atoms with Gasteiger partial charge in [0.15, 0.2) is 0 Å². The van der Waals surface area contributed by atoms with Crippen LogP contribution in [0.5, 0.6) is 0 Å². The molecule has 0 saturated carbocycles. The molecule has 0 aliphatic heterocycles. The van der Waals surface area contributed by atoms with E-state index in [2.05, 4.69) is 21.2 Å². The van der Waals surface area contributed by atoms with Gasteiger partial charge in [-0.25, -0.2) is 0 Å². The normalized spacial score (nSPS) is 11.5. The highest BCUT2D eigenvalue weighted by Crippen LogP contribution is 2.22. The van der Waals surface area contributed by atoms with Crippen LogP contribution in [0.25, 0.3) is 0 Å². The Morgan fingerprint density at radius 1 is 1.00 bits per heavy atom. The van der Waals surface area contributed by atoms with E-state index in [1.54, 1.807) is 23.1 Å². The van der Waals surface area contributed by atoms with Crippen LogP contribution in [0.1, 0.15) is 36.5 Å². The zero-order chi connectivity index (χ0) is 25.9. The summed E-state index contributed by atoms with van der Waals surface area (Å²) in [5.41, 5.74) is 1.97. The van der Waals surface area contributed by atoms with Gasteiger partial charge in [0.05, 0.1) is 11.3 Å². The molecule has 3 rings (SSSR count). The van der Waals surface area contributed by atoms with Crippen molar-refractivity contribution >= 4 is 33.4 Å². The molecule has 7 nitrogen and oxygen atoms in total. The van der Waals surface area contributed by atoms with Crippen LogP contribution in [0.3, 0.4) is 0 Å². The third-order valence-corrected chi connectivity index (χ3v) is 6.37. The van der Waals surface area contributed by atoms with E-state index in [9.17, 15) is 19.7 Å². The number of nitro benzene ring substituents is 1. The highest BCUT2D eigenvalue weighted by Gasteiger charge is 2.31. The second kappa shape index (κ2) is 13.5. The average Bonchev–Trinajstić information content (AvgIpc) is 2.87. The van der Waals surface area contributed by atoms with Gasteiger partial charge in [0.25, 0.3) is 5.69 Å². The van der Waals surface area contributed by atoms with Crippen molar-refractivity contribution < 1.29 is 14.5 Å². The number of para-hydroxylation sites is 1. The lowest BCUT2D eigenvalue weighted by molar-refractivity contribution is -0.385.